The second-order valence-corrected chi connectivity index (χ2v) is 16.2. The molecule has 0 bridgehead atoms. The number of carbonyl (C=O) groups excluding carboxylic acids is 1. The first kappa shape index (κ1) is 36.3. The highest BCUT2D eigenvalue weighted by Crippen LogP contribution is 2.39. The number of ether oxygens (including phenoxy) is 1. The van der Waals surface area contributed by atoms with Gasteiger partial charge in [0.2, 0.25) is 0 Å². The van der Waals surface area contributed by atoms with Gasteiger partial charge in [-0.25, -0.2) is 4.42 Å². The van der Waals surface area contributed by atoms with E-state index in [0.717, 1.165) is 62.4 Å². The number of hydrogen-bond donors (Lipinski definition) is 0. The summed E-state index contributed by atoms with van der Waals surface area (Å²) in [4.78, 5) is 13.7. The van der Waals surface area contributed by atoms with Crippen LogP contribution in [-0.2, 0) is 9.53 Å². The normalized spacial score (nSPS) is 15.8. The average molecular weight is 942 g/mol. The highest BCUT2D eigenvalue weighted by Gasteiger charge is 2.28. The zero-order valence-electron chi connectivity index (χ0n) is 28.5. The summed E-state index contributed by atoms with van der Waals surface area (Å²) in [5.74, 6) is 1.86. The van der Waals surface area contributed by atoms with Crippen molar-refractivity contribution in [1.82, 2.24) is 0 Å². The van der Waals surface area contributed by atoms with Crippen LogP contribution in [-0.4, -0.2) is 5.78 Å². The van der Waals surface area contributed by atoms with Gasteiger partial charge in [0.15, 0.2) is 5.78 Å². The molecule has 8 heteroatoms. The van der Waals surface area contributed by atoms with Gasteiger partial charge < -0.3 is 9.84 Å². The molecule has 7 rings (SSSR count). The molecule has 52 heavy (non-hydrogen) atoms. The molecule has 2 heterocycles. The van der Waals surface area contributed by atoms with Crippen molar-refractivity contribution in [2.45, 2.75) is 27.7 Å². The van der Waals surface area contributed by atoms with Gasteiger partial charge in [0.1, 0.15) is 11.5 Å². The van der Waals surface area contributed by atoms with Crippen LogP contribution in [0.1, 0.15) is 38.9 Å². The number of benzene rings is 4. The molecule has 4 nitrogen and oxygen atoms in total. The molecule has 0 radical (unpaired) electrons. The third-order valence-electron chi connectivity index (χ3n) is 9.38. The average Bonchev–Trinajstić information content (AvgIpc) is 3.13. The minimum absolute atomic E-state index is 0.125. The summed E-state index contributed by atoms with van der Waals surface area (Å²) >= 11 is 14.3. The van der Waals surface area contributed by atoms with Gasteiger partial charge in [-0.2, -0.15) is 0 Å². The molecule has 0 saturated carbocycles. The summed E-state index contributed by atoms with van der Waals surface area (Å²) in [7, 11) is 0. The second-order valence-electron chi connectivity index (χ2n) is 12.8. The zero-order valence-corrected chi connectivity index (χ0v) is 34.9. The number of aryl methyl sites for hydroxylation is 2. The van der Waals surface area contributed by atoms with Gasteiger partial charge in [0.25, 0.3) is 0 Å². The van der Waals surface area contributed by atoms with Gasteiger partial charge >= 0.3 is 11.5 Å². The lowest BCUT2D eigenvalue weighted by Gasteiger charge is -2.29. The molecule has 5 aromatic rings. The number of rotatable bonds is 6. The van der Waals surface area contributed by atoms with E-state index in [-0.39, 0.29) is 22.7 Å². The Bertz CT molecular complexity index is 2500. The third-order valence-corrected chi connectivity index (χ3v) is 13.1. The lowest BCUT2D eigenvalue weighted by molar-refractivity contribution is -0.300. The molecule has 0 spiro atoms. The minimum Gasteiger partial charge on any atom is -0.871 e. The first-order chi connectivity index (χ1) is 24.9. The summed E-state index contributed by atoms with van der Waals surface area (Å²) in [6.07, 6.45) is 7.07. The molecule has 4 aromatic carbocycles. The monoisotopic (exact) mass is 938 g/mol. The van der Waals surface area contributed by atoms with E-state index in [4.69, 9.17) is 9.15 Å². The maximum Gasteiger partial charge on any atom is 0.361 e. The van der Waals surface area contributed by atoms with Crippen LogP contribution in [0, 0.1) is 27.7 Å². The largest absolute Gasteiger partial charge is 0.871 e. The standard InChI is InChI=1S/C44H30Br4O4/c1-23-7-5-9-31(25(23)3)41-19-27(17-39(51-41)29-11-13-35(45)37(47)21-29)15-33-43(49)34(44(33)50)16-28-18-40(30-12-14-36(46)38(48)22-30)52-42(20-28)32-10-6-8-24(2)26(32)4/h5-22H,1-4H3. The third kappa shape index (κ3) is 7.14. The summed E-state index contributed by atoms with van der Waals surface area (Å²) in [5.41, 5.74) is 9.63. The van der Waals surface area contributed by atoms with E-state index in [9.17, 15) is 9.90 Å². The molecule has 0 saturated heterocycles. The highest BCUT2D eigenvalue weighted by molar-refractivity contribution is 9.13. The number of carbonyl (C=O) groups is 1. The van der Waals surface area contributed by atoms with Crippen molar-refractivity contribution >= 4 is 87.1 Å². The van der Waals surface area contributed by atoms with Crippen molar-refractivity contribution in [1.29, 1.82) is 0 Å². The topological polar surface area (TPSA) is 60.7 Å². The fraction of sp³-hybridized carbons (Fsp3) is 0.0909. The Hall–Kier alpha value is -4.08. The molecule has 1 aliphatic heterocycles. The zero-order chi connectivity index (χ0) is 36.8. The molecule has 2 aliphatic rings. The van der Waals surface area contributed by atoms with Crippen molar-refractivity contribution < 1.29 is 19.1 Å². The molecule has 0 amide bonds. The van der Waals surface area contributed by atoms with Crippen molar-refractivity contribution in [3.05, 3.63) is 182 Å². The van der Waals surface area contributed by atoms with Gasteiger partial charge in [-0.15, -0.1) is 0 Å². The Morgan fingerprint density at radius 3 is 1.87 bits per heavy atom. The predicted octanol–water partition coefficient (Wildman–Crippen LogP) is 12.8. The number of hydrogen-bond acceptors (Lipinski definition) is 3. The van der Waals surface area contributed by atoms with E-state index in [1.807, 2.05) is 84.9 Å². The summed E-state index contributed by atoms with van der Waals surface area (Å²) in [6.45, 7) is 8.23. The molecule has 0 atom stereocenters. The van der Waals surface area contributed by atoms with Crippen molar-refractivity contribution in [3.63, 3.8) is 0 Å². The summed E-state index contributed by atoms with van der Waals surface area (Å²) < 4.78 is 16.5. The number of ketones is 1. The highest BCUT2D eigenvalue weighted by atomic mass is 79.9. The van der Waals surface area contributed by atoms with Gasteiger partial charge in [-0.1, -0.05) is 42.2 Å². The van der Waals surface area contributed by atoms with E-state index in [2.05, 4.69) is 104 Å². The molecule has 1 aromatic heterocycles. The molecule has 0 unspecified atom stereocenters. The lowest BCUT2D eigenvalue weighted by atomic mass is 9.85. The first-order valence-electron chi connectivity index (χ1n) is 16.4. The Morgan fingerprint density at radius 2 is 1.21 bits per heavy atom. The van der Waals surface area contributed by atoms with Crippen molar-refractivity contribution in [2.75, 3.05) is 0 Å². The maximum atomic E-state index is 13.7. The number of allylic oxidation sites excluding steroid dienone is 6. The van der Waals surface area contributed by atoms with Gasteiger partial charge in [0, 0.05) is 40.2 Å². The Kier molecular flexibility index (Phi) is 10.3. The lowest BCUT2D eigenvalue weighted by Crippen LogP contribution is -2.29. The van der Waals surface area contributed by atoms with E-state index in [1.165, 1.54) is 0 Å². The van der Waals surface area contributed by atoms with Crippen LogP contribution in [0.4, 0.5) is 0 Å². The van der Waals surface area contributed by atoms with E-state index >= 15 is 0 Å². The van der Waals surface area contributed by atoms with Crippen LogP contribution in [0.25, 0.3) is 40.2 Å². The maximum absolute atomic E-state index is 13.7. The number of halogens is 4. The van der Waals surface area contributed by atoms with Crippen molar-refractivity contribution in [3.8, 4) is 22.6 Å². The van der Waals surface area contributed by atoms with E-state index < -0.39 is 0 Å². The fourth-order valence-corrected chi connectivity index (χ4v) is 7.38. The Morgan fingerprint density at radius 1 is 0.635 bits per heavy atom. The van der Waals surface area contributed by atoms with Crippen molar-refractivity contribution in [2.24, 2.45) is 0 Å². The minimum atomic E-state index is -0.311. The van der Waals surface area contributed by atoms with Crippen LogP contribution in [0.15, 0.2) is 148 Å². The quantitative estimate of drug-likeness (QED) is 0.126. The van der Waals surface area contributed by atoms with E-state index in [1.54, 1.807) is 12.2 Å². The summed E-state index contributed by atoms with van der Waals surface area (Å²) in [5, 5.41) is 13.7. The van der Waals surface area contributed by atoms with Crippen LogP contribution in [0.2, 0.25) is 0 Å². The van der Waals surface area contributed by atoms with Crippen LogP contribution in [0.3, 0.4) is 0 Å². The molecule has 1 aliphatic carbocycles. The summed E-state index contributed by atoms with van der Waals surface area (Å²) in [6, 6.07) is 27.6. The fourth-order valence-electron chi connectivity index (χ4n) is 6.12. The molecule has 0 fully saturated rings. The van der Waals surface area contributed by atoms with Gasteiger partial charge in [-0.3, -0.25) is 4.79 Å². The molecule has 0 N–H and O–H groups in total. The van der Waals surface area contributed by atoms with Crippen LogP contribution >= 0.6 is 63.7 Å². The van der Waals surface area contributed by atoms with Gasteiger partial charge in [0.05, 0.1) is 23.3 Å². The SMILES string of the molecule is Cc1cccc(C2=CC(=CC3=C([O-])C(=Cc4cc(-c5ccc(Br)c(Br)c5)[o+]c(-c5cccc(C)c5C)c4)C3=O)C=C(c3ccc(Br)c(Br)c3)O2)c1C. The van der Waals surface area contributed by atoms with Crippen LogP contribution in [0.5, 0.6) is 0 Å². The smallest absolute Gasteiger partial charge is 0.361 e. The molecular weight excluding hydrogens is 912 g/mol. The van der Waals surface area contributed by atoms with Crippen LogP contribution < -0.4 is 5.11 Å². The first-order valence-corrected chi connectivity index (χ1v) is 19.6. The Labute approximate surface area is 336 Å². The predicted molar refractivity (Wildman–Crippen MR) is 222 cm³/mol. The molecular formula is C44H30Br4O4. The molecule has 258 valence electrons. The second kappa shape index (κ2) is 14.7. The van der Waals surface area contributed by atoms with Gasteiger partial charge in [-0.05, 0) is 186 Å². The number of Topliss-reactive ketones (excluding diaryl/α,β-unsaturated/α-hetero) is 1. The van der Waals surface area contributed by atoms with E-state index in [0.29, 0.717) is 34.2 Å². The Balaban J connectivity index is 1.32.